The minimum absolute atomic E-state index is 0.0177. The van der Waals surface area contributed by atoms with Gasteiger partial charge in [-0.3, -0.25) is 9.69 Å². The second-order valence-electron chi connectivity index (χ2n) is 5.97. The van der Waals surface area contributed by atoms with Crippen LogP contribution in [-0.4, -0.2) is 48.5 Å². The molecule has 0 spiro atoms. The smallest absolute Gasteiger partial charge is 0.225 e. The van der Waals surface area contributed by atoms with Crippen molar-refractivity contribution in [2.24, 2.45) is 0 Å². The molecule has 1 aliphatic rings. The highest BCUT2D eigenvalue weighted by molar-refractivity contribution is 6.30. The maximum absolute atomic E-state index is 12.1. The van der Waals surface area contributed by atoms with Crippen molar-refractivity contribution in [3.05, 3.63) is 52.6 Å². The van der Waals surface area contributed by atoms with E-state index < -0.39 is 0 Å². The summed E-state index contributed by atoms with van der Waals surface area (Å²) in [4.78, 5) is 20.9. The maximum Gasteiger partial charge on any atom is 0.225 e. The number of hydrogen-bond donors (Lipinski definition) is 1. The molecule has 3 rings (SSSR count). The Balaban J connectivity index is 1.40. The van der Waals surface area contributed by atoms with E-state index >= 15 is 0 Å². The fraction of sp³-hybridized carbons (Fsp3) is 0.333. The molecule has 2 heterocycles. The summed E-state index contributed by atoms with van der Waals surface area (Å²) in [7, 11) is 0. The minimum atomic E-state index is 0.0177. The van der Waals surface area contributed by atoms with Crippen LogP contribution in [0.2, 0.25) is 10.0 Å². The van der Waals surface area contributed by atoms with Crippen molar-refractivity contribution < 1.29 is 4.79 Å². The number of benzene rings is 1. The lowest BCUT2D eigenvalue weighted by Crippen LogP contribution is -2.47. The summed E-state index contributed by atoms with van der Waals surface area (Å²) < 4.78 is 0. The number of pyridine rings is 1. The number of carbonyl (C=O) groups is 1. The fourth-order valence-corrected chi connectivity index (χ4v) is 3.01. The van der Waals surface area contributed by atoms with Gasteiger partial charge in [0, 0.05) is 56.1 Å². The van der Waals surface area contributed by atoms with Gasteiger partial charge in [-0.2, -0.15) is 0 Å². The van der Waals surface area contributed by atoms with Gasteiger partial charge in [0.05, 0.1) is 5.02 Å². The molecule has 25 heavy (non-hydrogen) atoms. The summed E-state index contributed by atoms with van der Waals surface area (Å²) in [6.45, 7) is 4.37. The summed E-state index contributed by atoms with van der Waals surface area (Å²) in [5.41, 5.74) is 0.771. The molecule has 0 saturated carbocycles. The van der Waals surface area contributed by atoms with Crippen LogP contribution >= 0.6 is 23.2 Å². The molecule has 132 valence electrons. The lowest BCUT2D eigenvalue weighted by Gasteiger charge is -2.35. The van der Waals surface area contributed by atoms with E-state index in [2.05, 4.69) is 20.1 Å². The third-order valence-corrected chi connectivity index (χ3v) is 4.67. The second kappa shape index (κ2) is 8.52. The molecule has 2 aromatic rings. The van der Waals surface area contributed by atoms with Crippen molar-refractivity contribution in [2.75, 3.05) is 42.9 Å². The van der Waals surface area contributed by atoms with E-state index in [9.17, 15) is 4.79 Å². The Morgan fingerprint density at radius 1 is 1.00 bits per heavy atom. The number of nitrogens with zero attached hydrogens (tertiary/aromatic N) is 3. The van der Waals surface area contributed by atoms with Crippen LogP contribution < -0.4 is 10.2 Å². The lowest BCUT2D eigenvalue weighted by atomic mass is 10.2. The third-order valence-electron chi connectivity index (χ3n) is 4.19. The van der Waals surface area contributed by atoms with E-state index in [0.717, 1.165) is 44.2 Å². The van der Waals surface area contributed by atoms with E-state index in [0.29, 0.717) is 16.5 Å². The minimum Gasteiger partial charge on any atom is -0.354 e. The normalized spacial score (nSPS) is 15.2. The van der Waals surface area contributed by atoms with Gasteiger partial charge >= 0.3 is 0 Å². The van der Waals surface area contributed by atoms with Crippen LogP contribution in [0.1, 0.15) is 6.42 Å². The number of piperazine rings is 1. The van der Waals surface area contributed by atoms with Crippen LogP contribution in [0.5, 0.6) is 0 Å². The quantitative estimate of drug-likeness (QED) is 0.864. The van der Waals surface area contributed by atoms with Crippen LogP contribution in [-0.2, 0) is 4.79 Å². The van der Waals surface area contributed by atoms with Crippen LogP contribution in [0.15, 0.2) is 42.6 Å². The van der Waals surface area contributed by atoms with Gasteiger partial charge in [0.25, 0.3) is 0 Å². The van der Waals surface area contributed by atoms with Gasteiger partial charge in [0.15, 0.2) is 0 Å². The van der Waals surface area contributed by atoms with Gasteiger partial charge in [-0.1, -0.05) is 23.2 Å². The molecule has 0 unspecified atom stereocenters. The number of hydrogen-bond acceptors (Lipinski definition) is 4. The molecule has 0 aliphatic carbocycles. The SMILES string of the molecule is O=C(CCN1CCN(c2ccc(Cl)cn2)CC1)Nc1ccc(Cl)cc1. The molecule has 7 heteroatoms. The largest absolute Gasteiger partial charge is 0.354 e. The van der Waals surface area contributed by atoms with Crippen LogP contribution in [0.4, 0.5) is 11.5 Å². The van der Waals surface area contributed by atoms with E-state index in [4.69, 9.17) is 23.2 Å². The Bertz CT molecular complexity index is 698. The molecular formula is C18H20Cl2N4O. The first kappa shape index (κ1) is 18.0. The molecule has 1 aromatic carbocycles. The monoisotopic (exact) mass is 378 g/mol. The first-order valence-electron chi connectivity index (χ1n) is 8.24. The second-order valence-corrected chi connectivity index (χ2v) is 6.84. The fourth-order valence-electron chi connectivity index (χ4n) is 2.77. The lowest BCUT2D eigenvalue weighted by molar-refractivity contribution is -0.116. The molecule has 1 N–H and O–H groups in total. The summed E-state index contributed by atoms with van der Waals surface area (Å²) in [5.74, 6) is 0.966. The van der Waals surface area contributed by atoms with Crippen molar-refractivity contribution in [1.82, 2.24) is 9.88 Å². The highest BCUT2D eigenvalue weighted by atomic mass is 35.5. The van der Waals surface area contributed by atoms with E-state index in [1.165, 1.54) is 0 Å². The molecule has 0 radical (unpaired) electrons. The topological polar surface area (TPSA) is 48.5 Å². The zero-order valence-electron chi connectivity index (χ0n) is 13.8. The Morgan fingerprint density at radius 2 is 1.68 bits per heavy atom. The molecule has 0 atom stereocenters. The van der Waals surface area contributed by atoms with Gasteiger partial charge in [0.2, 0.25) is 5.91 Å². The number of rotatable bonds is 5. The predicted octanol–water partition coefficient (Wildman–Crippen LogP) is 3.54. The molecule has 5 nitrogen and oxygen atoms in total. The maximum atomic E-state index is 12.1. The number of nitrogens with one attached hydrogen (secondary N) is 1. The molecule has 1 fully saturated rings. The zero-order valence-corrected chi connectivity index (χ0v) is 15.3. The first-order valence-corrected chi connectivity index (χ1v) is 9.00. The van der Waals surface area contributed by atoms with Crippen LogP contribution in [0, 0.1) is 0 Å². The average Bonchev–Trinajstić information content (AvgIpc) is 2.63. The number of aromatic nitrogens is 1. The summed E-state index contributed by atoms with van der Waals surface area (Å²) in [6.07, 6.45) is 2.15. The van der Waals surface area contributed by atoms with Crippen molar-refractivity contribution in [2.45, 2.75) is 6.42 Å². The Morgan fingerprint density at radius 3 is 2.32 bits per heavy atom. The van der Waals surface area contributed by atoms with Crippen molar-refractivity contribution in [3.63, 3.8) is 0 Å². The number of carbonyl (C=O) groups excluding carboxylic acids is 1. The Labute approximate surface area is 157 Å². The van der Waals surface area contributed by atoms with E-state index in [1.807, 2.05) is 12.1 Å². The standard InChI is InChI=1S/C18H20Cl2N4O/c19-14-1-4-16(5-2-14)22-18(25)7-8-23-9-11-24(12-10-23)17-6-3-15(20)13-21-17/h1-6,13H,7-12H2,(H,22,25). The van der Waals surface area contributed by atoms with Crippen LogP contribution in [0.25, 0.3) is 0 Å². The molecule has 1 aliphatic heterocycles. The molecule has 0 bridgehead atoms. The number of halogens is 2. The number of anilines is 2. The van der Waals surface area contributed by atoms with Gasteiger partial charge in [-0.25, -0.2) is 4.98 Å². The molecule has 1 saturated heterocycles. The van der Waals surface area contributed by atoms with Gasteiger partial charge in [-0.15, -0.1) is 0 Å². The number of amides is 1. The third kappa shape index (κ3) is 5.33. The van der Waals surface area contributed by atoms with E-state index in [1.54, 1.807) is 30.5 Å². The average molecular weight is 379 g/mol. The van der Waals surface area contributed by atoms with Gasteiger partial charge < -0.3 is 10.2 Å². The Hall–Kier alpha value is -1.82. The van der Waals surface area contributed by atoms with Crippen molar-refractivity contribution in [1.29, 1.82) is 0 Å². The molecule has 1 aromatic heterocycles. The first-order chi connectivity index (χ1) is 12.1. The zero-order chi connectivity index (χ0) is 17.6. The summed E-state index contributed by atoms with van der Waals surface area (Å²) >= 11 is 11.7. The highest BCUT2D eigenvalue weighted by Crippen LogP contribution is 2.17. The molecule has 1 amide bonds. The molecular weight excluding hydrogens is 359 g/mol. The van der Waals surface area contributed by atoms with Gasteiger partial charge in [0.1, 0.15) is 5.82 Å². The van der Waals surface area contributed by atoms with Crippen molar-refractivity contribution in [3.8, 4) is 0 Å². The summed E-state index contributed by atoms with van der Waals surface area (Å²) in [5, 5.41) is 4.20. The van der Waals surface area contributed by atoms with E-state index in [-0.39, 0.29) is 5.91 Å². The van der Waals surface area contributed by atoms with Crippen LogP contribution in [0.3, 0.4) is 0 Å². The Kier molecular flexibility index (Phi) is 6.13. The van der Waals surface area contributed by atoms with Gasteiger partial charge in [-0.05, 0) is 36.4 Å². The summed E-state index contributed by atoms with van der Waals surface area (Å²) in [6, 6.07) is 10.9. The van der Waals surface area contributed by atoms with Crippen molar-refractivity contribution >= 4 is 40.6 Å². The predicted molar refractivity (Wildman–Crippen MR) is 103 cm³/mol. The highest BCUT2D eigenvalue weighted by Gasteiger charge is 2.18.